The average molecular weight is 477 g/mol. The van der Waals surface area contributed by atoms with E-state index < -0.39 is 0 Å². The highest BCUT2D eigenvalue weighted by Gasteiger charge is 2.24. The van der Waals surface area contributed by atoms with Crippen LogP contribution in [0.25, 0.3) is 44.6 Å². The molecule has 5 aromatic rings. The Morgan fingerprint density at radius 1 is 0.972 bits per heavy atom. The number of anilines is 2. The summed E-state index contributed by atoms with van der Waals surface area (Å²) in [7, 11) is 0. The predicted molar refractivity (Wildman–Crippen MR) is 144 cm³/mol. The molecule has 1 aliphatic heterocycles. The van der Waals surface area contributed by atoms with Gasteiger partial charge in [-0.25, -0.2) is 9.97 Å². The van der Waals surface area contributed by atoms with E-state index in [0.29, 0.717) is 11.6 Å². The second kappa shape index (κ2) is 8.48. The van der Waals surface area contributed by atoms with E-state index in [9.17, 15) is 0 Å². The van der Waals surface area contributed by atoms with Crippen LogP contribution in [0.3, 0.4) is 0 Å². The molecule has 0 aromatic carbocycles. The number of rotatable bonds is 6. The van der Waals surface area contributed by atoms with Crippen molar-refractivity contribution in [2.45, 2.75) is 32.1 Å². The number of pyridine rings is 3. The molecule has 7 rings (SSSR count). The lowest BCUT2D eigenvalue weighted by atomic mass is 10.1. The van der Waals surface area contributed by atoms with Gasteiger partial charge in [-0.3, -0.25) is 10.1 Å². The molecule has 6 heterocycles. The fourth-order valence-electron chi connectivity index (χ4n) is 5.21. The normalized spacial score (nSPS) is 16.1. The maximum atomic E-state index is 4.63. The quantitative estimate of drug-likeness (QED) is 0.283. The lowest BCUT2D eigenvalue weighted by molar-refractivity contribution is 0.579. The van der Waals surface area contributed by atoms with E-state index >= 15 is 0 Å². The van der Waals surface area contributed by atoms with Gasteiger partial charge in [0.05, 0.1) is 23.3 Å². The Labute approximate surface area is 208 Å². The number of hydrogen-bond acceptors (Lipinski definition) is 6. The zero-order valence-electron chi connectivity index (χ0n) is 20.1. The van der Waals surface area contributed by atoms with Gasteiger partial charge in [-0.05, 0) is 62.3 Å². The molecule has 0 spiro atoms. The SMILES string of the molecule is C=C(Nc1cncc(-c2cnc3n[nH]c(-c4cc5c(N6CCCCC6)ccnc5[nH]4)c3c2)c1)C1CC1. The summed E-state index contributed by atoms with van der Waals surface area (Å²) in [6.07, 6.45) is 13.7. The van der Waals surface area contributed by atoms with Gasteiger partial charge in [0, 0.05) is 65.0 Å². The number of H-pyrrole nitrogens is 2. The smallest absolute Gasteiger partial charge is 0.181 e. The molecule has 0 bridgehead atoms. The minimum Gasteiger partial charge on any atom is -0.371 e. The molecular formula is C28H28N8. The number of aromatic nitrogens is 6. The Bertz CT molecular complexity index is 1590. The summed E-state index contributed by atoms with van der Waals surface area (Å²) in [5.41, 5.74) is 8.68. The third kappa shape index (κ3) is 3.79. The van der Waals surface area contributed by atoms with Crippen molar-refractivity contribution < 1.29 is 0 Å². The Morgan fingerprint density at radius 2 is 1.83 bits per heavy atom. The molecule has 180 valence electrons. The Kier molecular flexibility index (Phi) is 4.97. The van der Waals surface area contributed by atoms with E-state index in [4.69, 9.17) is 0 Å². The van der Waals surface area contributed by atoms with Crippen molar-refractivity contribution in [2.24, 2.45) is 5.92 Å². The van der Waals surface area contributed by atoms with E-state index in [0.717, 1.165) is 63.4 Å². The molecule has 36 heavy (non-hydrogen) atoms. The van der Waals surface area contributed by atoms with Gasteiger partial charge in [0.25, 0.3) is 0 Å². The van der Waals surface area contributed by atoms with Crippen LogP contribution in [0.15, 0.2) is 61.3 Å². The summed E-state index contributed by atoms with van der Waals surface area (Å²) in [5.74, 6) is 0.585. The van der Waals surface area contributed by atoms with Crippen LogP contribution < -0.4 is 10.2 Å². The number of aromatic amines is 2. The first-order valence-corrected chi connectivity index (χ1v) is 12.7. The van der Waals surface area contributed by atoms with Crippen molar-refractivity contribution >= 4 is 33.4 Å². The van der Waals surface area contributed by atoms with Crippen LogP contribution in [0.4, 0.5) is 11.4 Å². The summed E-state index contributed by atoms with van der Waals surface area (Å²) in [6.45, 7) is 6.36. The van der Waals surface area contributed by atoms with Crippen molar-refractivity contribution in [1.82, 2.24) is 30.1 Å². The van der Waals surface area contributed by atoms with Gasteiger partial charge in [0.2, 0.25) is 0 Å². The van der Waals surface area contributed by atoms with Crippen molar-refractivity contribution in [1.29, 1.82) is 0 Å². The first kappa shape index (κ1) is 21.1. The topological polar surface area (TPSA) is 98.4 Å². The van der Waals surface area contributed by atoms with Crippen molar-refractivity contribution in [2.75, 3.05) is 23.3 Å². The average Bonchev–Trinajstić information content (AvgIpc) is 3.55. The second-order valence-electron chi connectivity index (χ2n) is 9.90. The number of piperidine rings is 1. The molecule has 0 unspecified atom stereocenters. The van der Waals surface area contributed by atoms with Crippen LogP contribution >= 0.6 is 0 Å². The van der Waals surface area contributed by atoms with Gasteiger partial charge in [0.15, 0.2) is 5.65 Å². The Hall–Kier alpha value is -4.20. The van der Waals surface area contributed by atoms with E-state index in [1.54, 1.807) is 0 Å². The van der Waals surface area contributed by atoms with Crippen LogP contribution in [-0.2, 0) is 0 Å². The zero-order chi connectivity index (χ0) is 24.1. The molecule has 5 aromatic heterocycles. The van der Waals surface area contributed by atoms with E-state index in [-0.39, 0.29) is 0 Å². The van der Waals surface area contributed by atoms with Crippen molar-refractivity contribution in [3.05, 3.63) is 61.3 Å². The van der Waals surface area contributed by atoms with Gasteiger partial charge in [-0.2, -0.15) is 5.10 Å². The number of hydrogen-bond donors (Lipinski definition) is 3. The lowest BCUT2D eigenvalue weighted by Gasteiger charge is -2.29. The molecule has 8 nitrogen and oxygen atoms in total. The molecule has 3 N–H and O–H groups in total. The standard InChI is InChI=1S/C28H28N8/c1-17(18-5-6-18)32-21-11-19(14-29-16-21)20-12-23-26(34-35-28(23)31-15-20)24-13-22-25(7-8-30-27(22)33-24)36-9-3-2-4-10-36/h7-8,11-16,18,32H,1-6,9-10H2,(H,30,33)(H,31,34,35). The van der Waals surface area contributed by atoms with Crippen LogP contribution in [0, 0.1) is 5.92 Å². The van der Waals surface area contributed by atoms with Crippen LogP contribution in [-0.4, -0.2) is 43.2 Å². The highest BCUT2D eigenvalue weighted by Crippen LogP contribution is 2.37. The molecule has 8 heteroatoms. The number of allylic oxidation sites excluding steroid dienone is 1. The molecule has 0 atom stereocenters. The highest BCUT2D eigenvalue weighted by atomic mass is 15.2. The second-order valence-corrected chi connectivity index (χ2v) is 9.90. The maximum Gasteiger partial charge on any atom is 0.181 e. The Morgan fingerprint density at radius 3 is 2.69 bits per heavy atom. The fourth-order valence-corrected chi connectivity index (χ4v) is 5.21. The predicted octanol–water partition coefficient (Wildman–Crippen LogP) is 5.89. The number of nitrogens with zero attached hydrogens (tertiary/aromatic N) is 5. The molecule has 1 aliphatic carbocycles. The minimum atomic E-state index is 0.585. The zero-order valence-corrected chi connectivity index (χ0v) is 20.1. The first-order chi connectivity index (χ1) is 17.7. The summed E-state index contributed by atoms with van der Waals surface area (Å²) in [4.78, 5) is 19.7. The summed E-state index contributed by atoms with van der Waals surface area (Å²) < 4.78 is 0. The first-order valence-electron chi connectivity index (χ1n) is 12.7. The molecule has 0 radical (unpaired) electrons. The van der Waals surface area contributed by atoms with Crippen molar-refractivity contribution in [3.8, 4) is 22.5 Å². The summed E-state index contributed by atoms with van der Waals surface area (Å²) >= 11 is 0. The monoisotopic (exact) mass is 476 g/mol. The van der Waals surface area contributed by atoms with Crippen LogP contribution in [0.1, 0.15) is 32.1 Å². The molecule has 1 saturated heterocycles. The number of fused-ring (bicyclic) bond motifs is 2. The van der Waals surface area contributed by atoms with E-state index in [2.05, 4.69) is 71.2 Å². The van der Waals surface area contributed by atoms with Crippen LogP contribution in [0.5, 0.6) is 0 Å². The largest absolute Gasteiger partial charge is 0.371 e. The summed E-state index contributed by atoms with van der Waals surface area (Å²) in [6, 6.07) is 8.53. The molecular weight excluding hydrogens is 448 g/mol. The fraction of sp³-hybridized carbons (Fsp3) is 0.286. The summed E-state index contributed by atoms with van der Waals surface area (Å²) in [5, 5.41) is 13.2. The van der Waals surface area contributed by atoms with Crippen molar-refractivity contribution in [3.63, 3.8) is 0 Å². The van der Waals surface area contributed by atoms with Crippen LogP contribution in [0.2, 0.25) is 0 Å². The van der Waals surface area contributed by atoms with E-state index in [1.165, 1.54) is 37.8 Å². The lowest BCUT2D eigenvalue weighted by Crippen LogP contribution is -2.29. The number of nitrogens with one attached hydrogen (secondary N) is 3. The third-order valence-corrected chi connectivity index (χ3v) is 7.33. The van der Waals surface area contributed by atoms with Gasteiger partial charge < -0.3 is 15.2 Å². The van der Waals surface area contributed by atoms with E-state index in [1.807, 2.05) is 24.8 Å². The van der Waals surface area contributed by atoms with Gasteiger partial charge in [-0.1, -0.05) is 6.58 Å². The molecule has 2 aliphatic rings. The minimum absolute atomic E-state index is 0.585. The molecule has 2 fully saturated rings. The third-order valence-electron chi connectivity index (χ3n) is 7.33. The van der Waals surface area contributed by atoms with Gasteiger partial charge >= 0.3 is 0 Å². The van der Waals surface area contributed by atoms with Gasteiger partial charge in [0.1, 0.15) is 5.65 Å². The maximum absolute atomic E-state index is 4.63. The van der Waals surface area contributed by atoms with Gasteiger partial charge in [-0.15, -0.1) is 0 Å². The highest BCUT2D eigenvalue weighted by molar-refractivity contribution is 5.98. The molecule has 0 amide bonds. The molecule has 1 saturated carbocycles. The Balaban J connectivity index is 1.25.